The molecular weight excluding hydrogens is 260 g/mol. The van der Waals surface area contributed by atoms with E-state index >= 15 is 0 Å². The molecule has 0 aliphatic carbocycles. The van der Waals surface area contributed by atoms with Crippen LogP contribution >= 0.6 is 11.3 Å². The Morgan fingerprint density at radius 3 is 2.39 bits per heavy atom. The molecule has 7 nitrogen and oxygen atoms in total. The van der Waals surface area contributed by atoms with Crippen LogP contribution in [-0.2, 0) is 0 Å². The molecule has 0 radical (unpaired) electrons. The number of hydrogen-bond donors (Lipinski definition) is 4. The van der Waals surface area contributed by atoms with Crippen molar-refractivity contribution in [2.45, 2.75) is 0 Å². The lowest BCUT2D eigenvalue weighted by Gasteiger charge is -2.20. The zero-order valence-electron chi connectivity index (χ0n) is 9.50. The highest BCUT2D eigenvalue weighted by Crippen LogP contribution is 2.23. The van der Waals surface area contributed by atoms with Crippen molar-refractivity contribution in [3.05, 3.63) is 17.0 Å². The highest BCUT2D eigenvalue weighted by atomic mass is 32.1. The van der Waals surface area contributed by atoms with Crippen LogP contribution in [0.2, 0.25) is 0 Å². The van der Waals surface area contributed by atoms with Gasteiger partial charge in [-0.1, -0.05) is 0 Å². The summed E-state index contributed by atoms with van der Waals surface area (Å²) in [7, 11) is 0. The Kier molecular flexibility index (Phi) is 5.56. The predicted octanol–water partition coefficient (Wildman–Crippen LogP) is 0.265. The maximum absolute atomic E-state index is 11.8. The molecule has 0 unspecified atom stereocenters. The minimum Gasteiger partial charge on any atom is -0.478 e. The summed E-state index contributed by atoms with van der Waals surface area (Å²) in [5.41, 5.74) is 0.0151. The Bertz CT molecular complexity index is 414. The third kappa shape index (κ3) is 3.69. The monoisotopic (exact) mass is 274 g/mol. The molecule has 0 aliphatic heterocycles. The van der Waals surface area contributed by atoms with Crippen molar-refractivity contribution in [2.75, 3.05) is 31.6 Å². The molecule has 0 saturated carbocycles. The first-order valence-electron chi connectivity index (χ1n) is 5.18. The van der Waals surface area contributed by atoms with Crippen molar-refractivity contribution >= 4 is 28.3 Å². The normalized spacial score (nSPS) is 10.1. The number of urea groups is 1. The molecule has 0 fully saturated rings. The van der Waals surface area contributed by atoms with Gasteiger partial charge in [0.05, 0.1) is 18.8 Å². The summed E-state index contributed by atoms with van der Waals surface area (Å²) < 4.78 is 0. The highest BCUT2D eigenvalue weighted by Gasteiger charge is 2.17. The van der Waals surface area contributed by atoms with Gasteiger partial charge >= 0.3 is 12.0 Å². The summed E-state index contributed by atoms with van der Waals surface area (Å²) >= 11 is 1.10. The van der Waals surface area contributed by atoms with Gasteiger partial charge in [0.1, 0.15) is 5.00 Å². The number of aromatic carboxylic acids is 1. The molecule has 0 atom stereocenters. The van der Waals surface area contributed by atoms with Crippen molar-refractivity contribution in [1.82, 2.24) is 4.90 Å². The number of carboxylic acids is 1. The van der Waals surface area contributed by atoms with E-state index in [4.69, 9.17) is 15.3 Å². The smallest absolute Gasteiger partial charge is 0.338 e. The number of carboxylic acid groups (broad SMARTS) is 1. The van der Waals surface area contributed by atoms with Gasteiger partial charge in [0.25, 0.3) is 0 Å². The molecule has 18 heavy (non-hydrogen) atoms. The van der Waals surface area contributed by atoms with E-state index in [0.29, 0.717) is 0 Å². The number of nitrogens with one attached hydrogen (secondary N) is 1. The first-order chi connectivity index (χ1) is 8.60. The molecule has 1 rings (SSSR count). The van der Waals surface area contributed by atoms with Gasteiger partial charge in [0.15, 0.2) is 0 Å². The lowest BCUT2D eigenvalue weighted by Crippen LogP contribution is -2.39. The van der Waals surface area contributed by atoms with Gasteiger partial charge in [-0.2, -0.15) is 0 Å². The molecule has 1 aromatic rings. The third-order valence-electron chi connectivity index (χ3n) is 2.14. The first kappa shape index (κ1) is 14.4. The van der Waals surface area contributed by atoms with Crippen LogP contribution < -0.4 is 5.32 Å². The SMILES string of the molecule is O=C(O)c1ccsc1NC(=O)N(CCO)CCO. The first-order valence-corrected chi connectivity index (χ1v) is 6.06. The van der Waals surface area contributed by atoms with Crippen molar-refractivity contribution in [3.63, 3.8) is 0 Å². The topological polar surface area (TPSA) is 110 Å². The molecule has 1 heterocycles. The minimum atomic E-state index is -1.12. The number of hydrogen-bond acceptors (Lipinski definition) is 5. The number of aliphatic hydroxyl groups excluding tert-OH is 2. The molecule has 0 saturated heterocycles. The summed E-state index contributed by atoms with van der Waals surface area (Å²) in [6, 6.07) is 0.841. The van der Waals surface area contributed by atoms with Crippen LogP contribution in [0.1, 0.15) is 10.4 Å². The molecule has 8 heteroatoms. The van der Waals surface area contributed by atoms with E-state index in [0.717, 1.165) is 11.3 Å². The fourth-order valence-corrected chi connectivity index (χ4v) is 2.08. The van der Waals surface area contributed by atoms with E-state index < -0.39 is 12.0 Å². The van der Waals surface area contributed by atoms with E-state index in [-0.39, 0.29) is 36.9 Å². The summed E-state index contributed by atoms with van der Waals surface area (Å²) in [5, 5.41) is 30.7. The fraction of sp³-hybridized carbons (Fsp3) is 0.400. The molecule has 0 spiro atoms. The second-order valence-corrected chi connectivity index (χ2v) is 4.25. The number of anilines is 1. The summed E-state index contributed by atoms with van der Waals surface area (Å²) in [6.07, 6.45) is 0. The molecule has 2 amide bonds. The Labute approximate surface area is 107 Å². The maximum Gasteiger partial charge on any atom is 0.338 e. The average Bonchev–Trinajstić information content (AvgIpc) is 2.77. The van der Waals surface area contributed by atoms with Gasteiger partial charge in [-0.3, -0.25) is 5.32 Å². The number of nitrogens with zero attached hydrogens (tertiary/aromatic N) is 1. The van der Waals surface area contributed by atoms with Crippen molar-refractivity contribution in [3.8, 4) is 0 Å². The van der Waals surface area contributed by atoms with Crippen LogP contribution in [0.3, 0.4) is 0 Å². The minimum absolute atomic E-state index is 0.0151. The van der Waals surface area contributed by atoms with E-state index in [1.807, 2.05) is 0 Å². The van der Waals surface area contributed by atoms with E-state index in [2.05, 4.69) is 5.32 Å². The quantitative estimate of drug-likeness (QED) is 0.595. The van der Waals surface area contributed by atoms with Crippen LogP contribution in [0, 0.1) is 0 Å². The second kappa shape index (κ2) is 6.94. The Morgan fingerprint density at radius 2 is 1.89 bits per heavy atom. The van der Waals surface area contributed by atoms with Gasteiger partial charge < -0.3 is 20.2 Å². The standard InChI is InChI=1S/C10H14N2O5S/c13-4-2-12(3-5-14)10(17)11-8-7(9(15)16)1-6-18-8/h1,6,13-14H,2-5H2,(H,11,17)(H,15,16). The zero-order chi connectivity index (χ0) is 13.5. The average molecular weight is 274 g/mol. The zero-order valence-corrected chi connectivity index (χ0v) is 10.3. The predicted molar refractivity (Wildman–Crippen MR) is 66.0 cm³/mol. The van der Waals surface area contributed by atoms with Gasteiger partial charge in [-0.25, -0.2) is 9.59 Å². The van der Waals surface area contributed by atoms with Crippen molar-refractivity contribution < 1.29 is 24.9 Å². The van der Waals surface area contributed by atoms with Gasteiger partial charge in [-0.05, 0) is 11.4 Å². The van der Waals surface area contributed by atoms with Crippen molar-refractivity contribution in [2.24, 2.45) is 0 Å². The molecule has 0 bridgehead atoms. The van der Waals surface area contributed by atoms with Gasteiger partial charge in [-0.15, -0.1) is 11.3 Å². The van der Waals surface area contributed by atoms with E-state index in [1.54, 1.807) is 5.38 Å². The largest absolute Gasteiger partial charge is 0.478 e. The summed E-state index contributed by atoms with van der Waals surface area (Å²) in [6.45, 7) is -0.326. The third-order valence-corrected chi connectivity index (χ3v) is 2.97. The summed E-state index contributed by atoms with van der Waals surface area (Å²) in [4.78, 5) is 23.8. The fourth-order valence-electron chi connectivity index (χ4n) is 1.31. The van der Waals surface area contributed by atoms with Gasteiger partial charge in [0.2, 0.25) is 0 Å². The van der Waals surface area contributed by atoms with E-state index in [9.17, 15) is 9.59 Å². The van der Waals surface area contributed by atoms with Crippen molar-refractivity contribution in [1.29, 1.82) is 0 Å². The van der Waals surface area contributed by atoms with Crippen LogP contribution in [0.5, 0.6) is 0 Å². The number of aliphatic hydroxyl groups is 2. The number of carbonyl (C=O) groups excluding carboxylic acids is 1. The Morgan fingerprint density at radius 1 is 1.28 bits per heavy atom. The van der Waals surface area contributed by atoms with Crippen LogP contribution in [-0.4, -0.2) is 58.5 Å². The number of carbonyl (C=O) groups is 2. The molecule has 4 N–H and O–H groups in total. The highest BCUT2D eigenvalue weighted by molar-refractivity contribution is 7.14. The van der Waals surface area contributed by atoms with E-state index in [1.165, 1.54) is 11.0 Å². The molecule has 0 aromatic carbocycles. The number of amides is 2. The van der Waals surface area contributed by atoms with Crippen LogP contribution in [0.25, 0.3) is 0 Å². The second-order valence-electron chi connectivity index (χ2n) is 3.33. The Balaban J connectivity index is 2.72. The maximum atomic E-state index is 11.8. The summed E-state index contributed by atoms with van der Waals surface area (Å²) in [5.74, 6) is -1.12. The Hall–Kier alpha value is -1.64. The molecule has 0 aliphatic rings. The number of thiophene rings is 1. The van der Waals surface area contributed by atoms with Crippen LogP contribution in [0.4, 0.5) is 9.80 Å². The lowest BCUT2D eigenvalue weighted by atomic mass is 10.3. The van der Waals surface area contributed by atoms with Gasteiger partial charge in [0, 0.05) is 13.1 Å². The number of rotatable bonds is 6. The molecule has 100 valence electrons. The van der Waals surface area contributed by atoms with Crippen LogP contribution in [0.15, 0.2) is 11.4 Å². The molecular formula is C10H14N2O5S. The molecule has 1 aromatic heterocycles. The lowest BCUT2D eigenvalue weighted by molar-refractivity contribution is 0.0698.